The van der Waals surface area contributed by atoms with Crippen LogP contribution in [0.25, 0.3) is 5.65 Å². The summed E-state index contributed by atoms with van der Waals surface area (Å²) in [6.07, 6.45) is 4.01. The van der Waals surface area contributed by atoms with Gasteiger partial charge in [-0.05, 0) is 36.2 Å². The number of benzene rings is 1. The van der Waals surface area contributed by atoms with Crippen LogP contribution in [-0.4, -0.2) is 45.4 Å². The number of anilines is 2. The first-order valence-corrected chi connectivity index (χ1v) is 8.81. The Labute approximate surface area is 160 Å². The largest absolute Gasteiger partial charge is 0.347 e. The molecule has 3 amide bonds. The van der Waals surface area contributed by atoms with Crippen LogP contribution in [0.2, 0.25) is 0 Å². The molecular formula is C19H18N6O3. The average Bonchev–Trinajstić information content (AvgIpc) is 3.31. The molecule has 9 heteroatoms. The fraction of sp³-hybridized carbons (Fsp3) is 0.211. The maximum absolute atomic E-state index is 12.6. The molecule has 1 aromatic carbocycles. The third-order valence-corrected chi connectivity index (χ3v) is 4.53. The molecule has 0 fully saturated rings. The van der Waals surface area contributed by atoms with Crippen LogP contribution in [0.4, 0.5) is 11.5 Å². The van der Waals surface area contributed by atoms with Gasteiger partial charge in [0.15, 0.2) is 5.65 Å². The SMILES string of the molecule is CC(=O)NCC(=O)N1CCc2cc(C(=O)Nc3ccn4nccc4n3)ccc21. The lowest BCUT2D eigenvalue weighted by Gasteiger charge is -2.17. The lowest BCUT2D eigenvalue weighted by Crippen LogP contribution is -2.38. The van der Waals surface area contributed by atoms with Crippen LogP contribution in [0.5, 0.6) is 0 Å². The van der Waals surface area contributed by atoms with Gasteiger partial charge in [0.05, 0.1) is 12.7 Å². The first kappa shape index (κ1) is 17.7. The molecule has 3 aromatic rings. The standard InChI is InChI=1S/C19H18N6O3/c1-12(26)20-11-18(27)24-8-5-13-10-14(2-3-15(13)24)19(28)23-16-6-9-25-17(22-16)4-7-21-25/h2-4,6-7,9-10H,5,8,11H2,1H3,(H,20,26)(H,22,23,28). The van der Waals surface area contributed by atoms with E-state index in [0.717, 1.165) is 11.3 Å². The van der Waals surface area contributed by atoms with Gasteiger partial charge in [0.2, 0.25) is 11.8 Å². The van der Waals surface area contributed by atoms with Gasteiger partial charge in [0.25, 0.3) is 5.91 Å². The Morgan fingerprint density at radius 3 is 2.86 bits per heavy atom. The number of amides is 3. The summed E-state index contributed by atoms with van der Waals surface area (Å²) in [5, 5.41) is 9.36. The normalized spacial score (nSPS) is 12.7. The Bertz CT molecular complexity index is 1090. The van der Waals surface area contributed by atoms with Crippen LogP contribution in [0.15, 0.2) is 42.7 Å². The van der Waals surface area contributed by atoms with Gasteiger partial charge in [0, 0.05) is 37.0 Å². The van der Waals surface area contributed by atoms with Crippen LogP contribution in [0.3, 0.4) is 0 Å². The smallest absolute Gasteiger partial charge is 0.256 e. The number of nitrogens with one attached hydrogen (secondary N) is 2. The molecule has 0 aliphatic carbocycles. The fourth-order valence-electron chi connectivity index (χ4n) is 3.17. The zero-order valence-electron chi connectivity index (χ0n) is 15.2. The fourth-order valence-corrected chi connectivity index (χ4v) is 3.17. The Morgan fingerprint density at radius 2 is 2.04 bits per heavy atom. The summed E-state index contributed by atoms with van der Waals surface area (Å²) in [4.78, 5) is 41.8. The second-order valence-corrected chi connectivity index (χ2v) is 6.45. The number of aromatic nitrogens is 3. The number of carbonyl (C=O) groups is 3. The summed E-state index contributed by atoms with van der Waals surface area (Å²) >= 11 is 0. The summed E-state index contributed by atoms with van der Waals surface area (Å²) in [7, 11) is 0. The van der Waals surface area contributed by atoms with E-state index in [9.17, 15) is 14.4 Å². The van der Waals surface area contributed by atoms with Gasteiger partial charge >= 0.3 is 0 Å². The van der Waals surface area contributed by atoms with E-state index in [1.807, 2.05) is 0 Å². The van der Waals surface area contributed by atoms with Gasteiger partial charge in [-0.1, -0.05) is 0 Å². The molecule has 0 radical (unpaired) electrons. The molecule has 0 bridgehead atoms. The van der Waals surface area contributed by atoms with E-state index in [1.165, 1.54) is 6.92 Å². The molecule has 0 atom stereocenters. The molecule has 1 aliphatic rings. The van der Waals surface area contributed by atoms with E-state index in [-0.39, 0.29) is 24.3 Å². The van der Waals surface area contributed by atoms with Crippen LogP contribution < -0.4 is 15.5 Å². The highest BCUT2D eigenvalue weighted by molar-refractivity contribution is 6.05. The lowest BCUT2D eigenvalue weighted by molar-refractivity contribution is -0.123. The minimum atomic E-state index is -0.276. The minimum absolute atomic E-state index is 0.0419. The molecule has 0 spiro atoms. The summed E-state index contributed by atoms with van der Waals surface area (Å²) < 4.78 is 1.61. The van der Waals surface area contributed by atoms with Crippen molar-refractivity contribution in [3.8, 4) is 0 Å². The zero-order valence-corrected chi connectivity index (χ0v) is 15.2. The van der Waals surface area contributed by atoms with Crippen molar-refractivity contribution in [1.29, 1.82) is 0 Å². The van der Waals surface area contributed by atoms with Crippen molar-refractivity contribution < 1.29 is 14.4 Å². The van der Waals surface area contributed by atoms with Crippen molar-refractivity contribution in [3.05, 3.63) is 53.9 Å². The van der Waals surface area contributed by atoms with Crippen molar-refractivity contribution in [2.45, 2.75) is 13.3 Å². The Morgan fingerprint density at radius 1 is 1.18 bits per heavy atom. The predicted molar refractivity (Wildman–Crippen MR) is 102 cm³/mol. The number of fused-ring (bicyclic) bond motifs is 2. The van der Waals surface area contributed by atoms with E-state index >= 15 is 0 Å². The van der Waals surface area contributed by atoms with Crippen molar-refractivity contribution in [3.63, 3.8) is 0 Å². The predicted octanol–water partition coefficient (Wildman–Crippen LogP) is 1.01. The van der Waals surface area contributed by atoms with Gasteiger partial charge in [-0.3, -0.25) is 14.4 Å². The third kappa shape index (κ3) is 3.41. The average molecular weight is 378 g/mol. The summed E-state index contributed by atoms with van der Waals surface area (Å²) in [5.41, 5.74) is 2.82. The number of hydrogen-bond donors (Lipinski definition) is 2. The van der Waals surface area contributed by atoms with E-state index in [1.54, 1.807) is 52.1 Å². The van der Waals surface area contributed by atoms with Crippen molar-refractivity contribution in [2.24, 2.45) is 0 Å². The van der Waals surface area contributed by atoms with Gasteiger partial charge in [-0.25, -0.2) is 9.50 Å². The highest BCUT2D eigenvalue weighted by atomic mass is 16.2. The summed E-state index contributed by atoms with van der Waals surface area (Å²) in [6.45, 7) is 1.85. The van der Waals surface area contributed by atoms with Crippen LogP contribution in [0, 0.1) is 0 Å². The lowest BCUT2D eigenvalue weighted by atomic mass is 10.1. The molecular weight excluding hydrogens is 360 g/mol. The molecule has 3 heterocycles. The van der Waals surface area contributed by atoms with Gasteiger partial charge in [0.1, 0.15) is 5.82 Å². The second kappa shape index (κ2) is 7.10. The van der Waals surface area contributed by atoms with Crippen molar-refractivity contribution in [2.75, 3.05) is 23.3 Å². The van der Waals surface area contributed by atoms with Gasteiger partial charge in [-0.2, -0.15) is 5.10 Å². The van der Waals surface area contributed by atoms with Crippen LogP contribution in [0.1, 0.15) is 22.8 Å². The monoisotopic (exact) mass is 378 g/mol. The molecule has 1 aliphatic heterocycles. The number of rotatable bonds is 4. The highest BCUT2D eigenvalue weighted by Gasteiger charge is 2.25. The van der Waals surface area contributed by atoms with Gasteiger partial charge in [-0.15, -0.1) is 0 Å². The van der Waals surface area contributed by atoms with E-state index in [0.29, 0.717) is 30.0 Å². The molecule has 4 rings (SSSR count). The zero-order chi connectivity index (χ0) is 19.7. The number of nitrogens with zero attached hydrogens (tertiary/aromatic N) is 4. The summed E-state index contributed by atoms with van der Waals surface area (Å²) in [5.74, 6) is -0.264. The summed E-state index contributed by atoms with van der Waals surface area (Å²) in [6, 6.07) is 8.64. The highest BCUT2D eigenvalue weighted by Crippen LogP contribution is 2.29. The molecule has 9 nitrogen and oxygen atoms in total. The van der Waals surface area contributed by atoms with E-state index in [4.69, 9.17) is 0 Å². The Balaban J connectivity index is 1.48. The van der Waals surface area contributed by atoms with Crippen LogP contribution >= 0.6 is 0 Å². The molecule has 28 heavy (non-hydrogen) atoms. The number of hydrogen-bond acceptors (Lipinski definition) is 5. The Kier molecular flexibility index (Phi) is 4.48. The molecule has 0 saturated heterocycles. The van der Waals surface area contributed by atoms with Crippen molar-refractivity contribution >= 4 is 34.9 Å². The van der Waals surface area contributed by atoms with Crippen molar-refractivity contribution in [1.82, 2.24) is 19.9 Å². The molecule has 2 N–H and O–H groups in total. The van der Waals surface area contributed by atoms with E-state index < -0.39 is 0 Å². The molecule has 142 valence electrons. The quantitative estimate of drug-likeness (QED) is 0.704. The van der Waals surface area contributed by atoms with Gasteiger partial charge < -0.3 is 15.5 Å². The maximum atomic E-state index is 12.6. The topological polar surface area (TPSA) is 109 Å². The number of carbonyl (C=O) groups excluding carboxylic acids is 3. The molecule has 0 unspecified atom stereocenters. The van der Waals surface area contributed by atoms with E-state index in [2.05, 4.69) is 20.7 Å². The third-order valence-electron chi connectivity index (χ3n) is 4.53. The minimum Gasteiger partial charge on any atom is -0.347 e. The molecule has 0 saturated carbocycles. The second-order valence-electron chi connectivity index (χ2n) is 6.45. The molecule has 2 aromatic heterocycles. The van der Waals surface area contributed by atoms with Crippen LogP contribution in [-0.2, 0) is 16.0 Å². The Hall–Kier alpha value is -3.75. The first-order chi connectivity index (χ1) is 13.5. The first-order valence-electron chi connectivity index (χ1n) is 8.81. The maximum Gasteiger partial charge on any atom is 0.256 e.